The summed E-state index contributed by atoms with van der Waals surface area (Å²) in [4.78, 5) is 21.4. The molecule has 0 bridgehead atoms. The molecule has 0 aromatic rings. The largest absolute Gasteiger partial charge is 0.480 e. The van der Waals surface area contributed by atoms with Crippen LogP contribution < -0.4 is 22.1 Å². The fourth-order valence-electron chi connectivity index (χ4n) is 2.30. The molecule has 14 heteroatoms. The molecule has 0 aliphatic carbocycles. The van der Waals surface area contributed by atoms with Gasteiger partial charge in [-0.2, -0.15) is 0 Å². The quantitative estimate of drug-likeness (QED) is 0.0945. The fourth-order valence-corrected chi connectivity index (χ4v) is 2.30. The summed E-state index contributed by atoms with van der Waals surface area (Å²) in [5, 5.41) is 65.5. The van der Waals surface area contributed by atoms with E-state index >= 15 is 0 Å². The first-order valence-corrected chi connectivity index (χ1v) is 8.78. The van der Waals surface area contributed by atoms with Gasteiger partial charge in [0.1, 0.15) is 30.4 Å². The lowest BCUT2D eigenvalue weighted by Crippen LogP contribution is -2.61. The van der Waals surface area contributed by atoms with Gasteiger partial charge in [-0.05, 0) is 19.8 Å². The Hall–Kier alpha value is -2.07. The summed E-state index contributed by atoms with van der Waals surface area (Å²) in [5.74, 6) is -2.37. The van der Waals surface area contributed by atoms with Crippen LogP contribution in [0.5, 0.6) is 0 Å². The number of aliphatic hydroxyl groups is 4. The van der Waals surface area contributed by atoms with Crippen molar-refractivity contribution in [2.75, 3.05) is 13.2 Å². The minimum absolute atomic E-state index is 0.177. The maximum atomic E-state index is 10.8. The van der Waals surface area contributed by atoms with Crippen LogP contribution in [0, 0.1) is 5.41 Å². The smallest absolute Gasteiger partial charge is 0.320 e. The summed E-state index contributed by atoms with van der Waals surface area (Å²) in [6.45, 7) is 1.29. The molecule has 170 valence electrons. The summed E-state index contributed by atoms with van der Waals surface area (Å²) >= 11 is 0. The molecule has 0 spiro atoms. The molecule has 29 heavy (non-hydrogen) atoms. The van der Waals surface area contributed by atoms with Crippen molar-refractivity contribution in [1.29, 1.82) is 5.41 Å². The first kappa shape index (κ1) is 26.9. The summed E-state index contributed by atoms with van der Waals surface area (Å²) in [6.07, 6.45) is -4.13. The van der Waals surface area contributed by atoms with Gasteiger partial charge >= 0.3 is 11.9 Å². The summed E-state index contributed by atoms with van der Waals surface area (Å²) in [6, 6.07) is -2.88. The van der Waals surface area contributed by atoms with Gasteiger partial charge in [0, 0.05) is 6.54 Å². The first-order chi connectivity index (χ1) is 13.4. The van der Waals surface area contributed by atoms with Crippen LogP contribution in [0.25, 0.3) is 0 Å². The number of carboxylic acid groups (broad SMARTS) is 2. The number of rotatable bonds is 9. The minimum atomic E-state index is -1.35. The Morgan fingerprint density at radius 3 is 2.21 bits per heavy atom. The molecule has 14 nitrogen and oxygen atoms in total. The molecule has 13 N–H and O–H groups in total. The highest BCUT2D eigenvalue weighted by Gasteiger charge is 2.41. The number of aliphatic hydroxyl groups excluding tert-OH is 4. The Morgan fingerprint density at radius 1 is 1.17 bits per heavy atom. The third-order valence-corrected chi connectivity index (χ3v) is 4.05. The molecule has 0 radical (unpaired) electrons. The van der Waals surface area contributed by atoms with E-state index in [0.29, 0.717) is 13.0 Å². The molecule has 3 unspecified atom stereocenters. The zero-order valence-electron chi connectivity index (χ0n) is 15.9. The normalized spacial score (nSPS) is 28.4. The second-order valence-electron chi connectivity index (χ2n) is 6.41. The number of carbonyl (C=O) groups is 2. The van der Waals surface area contributed by atoms with Crippen molar-refractivity contribution >= 4 is 17.9 Å². The van der Waals surface area contributed by atoms with Gasteiger partial charge in [0.25, 0.3) is 0 Å². The molecular formula is C15H31N5O9. The molecule has 1 aliphatic rings. The molecule has 0 aromatic carbocycles. The Labute approximate surface area is 167 Å². The molecular weight excluding hydrogens is 394 g/mol. The van der Waals surface area contributed by atoms with Gasteiger partial charge in [0.2, 0.25) is 0 Å². The maximum Gasteiger partial charge on any atom is 0.320 e. The molecule has 1 aliphatic heterocycles. The van der Waals surface area contributed by atoms with Crippen molar-refractivity contribution in [3.05, 3.63) is 0 Å². The van der Waals surface area contributed by atoms with Gasteiger partial charge in [-0.1, -0.05) is 0 Å². The van der Waals surface area contributed by atoms with E-state index in [9.17, 15) is 19.8 Å². The molecule has 7 atom stereocenters. The van der Waals surface area contributed by atoms with Crippen LogP contribution in [0.2, 0.25) is 0 Å². The van der Waals surface area contributed by atoms with Crippen molar-refractivity contribution in [3.8, 4) is 0 Å². The van der Waals surface area contributed by atoms with E-state index in [0.717, 1.165) is 0 Å². The van der Waals surface area contributed by atoms with Crippen LogP contribution >= 0.6 is 0 Å². The second kappa shape index (κ2) is 13.2. The number of nitrogens with two attached hydrogens (primary N) is 2. The van der Waals surface area contributed by atoms with Gasteiger partial charge in [-0.25, -0.2) is 0 Å². The second-order valence-corrected chi connectivity index (χ2v) is 6.41. The zero-order valence-corrected chi connectivity index (χ0v) is 15.9. The number of hydrogen-bond donors (Lipinski definition) is 11. The van der Waals surface area contributed by atoms with Crippen molar-refractivity contribution in [1.82, 2.24) is 10.6 Å². The molecule has 1 rings (SSSR count). The van der Waals surface area contributed by atoms with Crippen molar-refractivity contribution in [3.63, 3.8) is 0 Å². The van der Waals surface area contributed by atoms with Crippen LogP contribution in [0.15, 0.2) is 0 Å². The zero-order chi connectivity index (χ0) is 22.7. The van der Waals surface area contributed by atoms with E-state index in [4.69, 9.17) is 42.0 Å². The number of nitrogens with one attached hydrogen (secondary N) is 3. The van der Waals surface area contributed by atoms with E-state index in [1.165, 1.54) is 6.92 Å². The topological polar surface area (TPSA) is 265 Å². The lowest BCUT2D eigenvalue weighted by Gasteiger charge is -2.38. The number of hydrogen-bond acceptors (Lipinski definition) is 10. The summed E-state index contributed by atoms with van der Waals surface area (Å²) < 4.78 is 4.70. The van der Waals surface area contributed by atoms with Gasteiger partial charge in [0.05, 0.1) is 12.6 Å². The average Bonchev–Trinajstić information content (AvgIpc) is 2.65. The Bertz CT molecular complexity index is 534. The van der Waals surface area contributed by atoms with Gasteiger partial charge in [-0.3, -0.25) is 20.3 Å². The van der Waals surface area contributed by atoms with Gasteiger partial charge in [-0.15, -0.1) is 0 Å². The number of aliphatic carboxylic acids is 2. The highest BCUT2D eigenvalue weighted by Crippen LogP contribution is 2.17. The third kappa shape index (κ3) is 9.80. The Kier molecular flexibility index (Phi) is 12.3. The van der Waals surface area contributed by atoms with E-state index in [1.807, 2.05) is 0 Å². The molecule has 1 saturated heterocycles. The summed E-state index contributed by atoms with van der Waals surface area (Å²) in [5.41, 5.74) is 10.3. The van der Waals surface area contributed by atoms with Gasteiger partial charge < -0.3 is 52.2 Å². The van der Waals surface area contributed by atoms with Crippen molar-refractivity contribution in [2.45, 2.75) is 62.5 Å². The maximum absolute atomic E-state index is 10.8. The van der Waals surface area contributed by atoms with Crippen LogP contribution in [-0.2, 0) is 14.3 Å². The lowest BCUT2D eigenvalue weighted by atomic mass is 9.98. The fraction of sp³-hybridized carbons (Fsp3) is 0.800. The predicted molar refractivity (Wildman–Crippen MR) is 98.8 cm³/mol. The highest BCUT2D eigenvalue weighted by atomic mass is 16.6. The molecule has 1 fully saturated rings. The molecule has 0 amide bonds. The molecule has 1 heterocycles. The standard InChI is InChI=1S/C9H18N4O4.C6H13NO5/c1-5(7(14)15)13-6(8(16)17)3-2-4-12-9(10)11;7-3-5(10)4(9)2(1-8)12-6(3)11/h5-6,13H,2-4H2,1H3,(H,14,15)(H,16,17)(H4,10,11,12);2-6,8-11H,1,7H2/t;2-,3-,4-,5-,6?/m.1/s1. The number of ether oxygens (including phenoxy) is 1. The van der Waals surface area contributed by atoms with Gasteiger partial charge in [0.15, 0.2) is 12.2 Å². The minimum Gasteiger partial charge on any atom is -0.480 e. The van der Waals surface area contributed by atoms with E-state index in [1.54, 1.807) is 0 Å². The third-order valence-electron chi connectivity index (χ3n) is 4.05. The SMILES string of the molecule is CC(NC(CCCNC(=N)N)C(=O)O)C(=O)O.N[C@H]1C(O)O[C@H](CO)[C@@H](O)[C@@H]1O. The van der Waals surface area contributed by atoms with E-state index in [2.05, 4.69) is 10.6 Å². The monoisotopic (exact) mass is 425 g/mol. The van der Waals surface area contributed by atoms with Crippen LogP contribution in [0.3, 0.4) is 0 Å². The number of guanidine groups is 1. The van der Waals surface area contributed by atoms with E-state index < -0.39 is 61.3 Å². The van der Waals surface area contributed by atoms with Crippen molar-refractivity contribution in [2.24, 2.45) is 11.5 Å². The summed E-state index contributed by atoms with van der Waals surface area (Å²) in [7, 11) is 0. The Morgan fingerprint density at radius 2 is 1.76 bits per heavy atom. The molecule has 0 saturated carbocycles. The highest BCUT2D eigenvalue weighted by molar-refractivity contribution is 5.77. The van der Waals surface area contributed by atoms with Crippen molar-refractivity contribution < 1.29 is 45.0 Å². The first-order valence-electron chi connectivity index (χ1n) is 8.78. The van der Waals surface area contributed by atoms with E-state index in [-0.39, 0.29) is 12.4 Å². The number of carboxylic acids is 2. The lowest BCUT2D eigenvalue weighted by molar-refractivity contribution is -0.248. The Balaban J connectivity index is 0.000000571. The van der Waals surface area contributed by atoms with Crippen LogP contribution in [-0.4, -0.2) is 104 Å². The average molecular weight is 425 g/mol. The predicted octanol–water partition coefficient (Wildman–Crippen LogP) is -4.49. The van der Waals surface area contributed by atoms with Crippen LogP contribution in [0.4, 0.5) is 0 Å². The molecule has 0 aromatic heterocycles. The van der Waals surface area contributed by atoms with Crippen LogP contribution in [0.1, 0.15) is 19.8 Å².